The van der Waals surface area contributed by atoms with Crippen LogP contribution in [0.15, 0.2) is 12.2 Å². The summed E-state index contributed by atoms with van der Waals surface area (Å²) in [5, 5.41) is 0. The molecule has 0 aromatic heterocycles. The van der Waals surface area contributed by atoms with Gasteiger partial charge in [0, 0.05) is 0 Å². The molecule has 14 heavy (non-hydrogen) atoms. The van der Waals surface area contributed by atoms with Gasteiger partial charge in [0.05, 0.1) is 18.8 Å². The highest BCUT2D eigenvalue weighted by molar-refractivity contribution is 5.87. The van der Waals surface area contributed by atoms with E-state index >= 15 is 0 Å². The molecule has 0 rings (SSSR count). The maximum absolute atomic E-state index is 11.0. The SMILES string of the molecule is C=C(COOCCCC)C(=O)OCC. The van der Waals surface area contributed by atoms with E-state index in [1.165, 1.54) is 0 Å². The summed E-state index contributed by atoms with van der Waals surface area (Å²) in [6.45, 7) is 8.24. The first-order chi connectivity index (χ1) is 6.72. The molecule has 0 fully saturated rings. The summed E-state index contributed by atoms with van der Waals surface area (Å²) >= 11 is 0. The van der Waals surface area contributed by atoms with Crippen molar-refractivity contribution in [1.82, 2.24) is 0 Å². The monoisotopic (exact) mass is 202 g/mol. The summed E-state index contributed by atoms with van der Waals surface area (Å²) in [6.07, 6.45) is 1.98. The number of carbonyl (C=O) groups is 1. The van der Waals surface area contributed by atoms with Gasteiger partial charge >= 0.3 is 5.97 Å². The van der Waals surface area contributed by atoms with E-state index in [4.69, 9.17) is 14.5 Å². The van der Waals surface area contributed by atoms with E-state index in [2.05, 4.69) is 13.5 Å². The predicted molar refractivity (Wildman–Crippen MR) is 52.6 cm³/mol. The maximum atomic E-state index is 11.0. The molecule has 4 nitrogen and oxygen atoms in total. The van der Waals surface area contributed by atoms with Crippen molar-refractivity contribution in [3.05, 3.63) is 12.2 Å². The van der Waals surface area contributed by atoms with Gasteiger partial charge in [0.15, 0.2) is 0 Å². The number of hydrogen-bond donors (Lipinski definition) is 0. The van der Waals surface area contributed by atoms with Crippen LogP contribution in [0.2, 0.25) is 0 Å². The van der Waals surface area contributed by atoms with Crippen LogP contribution in [0.1, 0.15) is 26.7 Å². The molecule has 0 heterocycles. The van der Waals surface area contributed by atoms with Gasteiger partial charge in [-0.1, -0.05) is 19.9 Å². The van der Waals surface area contributed by atoms with Crippen molar-refractivity contribution in [3.8, 4) is 0 Å². The zero-order valence-electron chi connectivity index (χ0n) is 8.88. The number of rotatable bonds is 8. The number of unbranched alkanes of at least 4 members (excludes halogenated alkanes) is 1. The molecule has 0 aliphatic carbocycles. The smallest absolute Gasteiger partial charge is 0.335 e. The summed E-state index contributed by atoms with van der Waals surface area (Å²) in [7, 11) is 0. The van der Waals surface area contributed by atoms with Crippen molar-refractivity contribution >= 4 is 5.97 Å². The molecular weight excluding hydrogens is 184 g/mol. The summed E-state index contributed by atoms with van der Waals surface area (Å²) < 4.78 is 4.71. The normalized spacial score (nSPS) is 9.86. The van der Waals surface area contributed by atoms with Gasteiger partial charge in [-0.25, -0.2) is 14.6 Å². The molecule has 0 radical (unpaired) electrons. The van der Waals surface area contributed by atoms with E-state index in [1.54, 1.807) is 6.92 Å². The molecule has 4 heteroatoms. The minimum atomic E-state index is -0.438. The van der Waals surface area contributed by atoms with Crippen LogP contribution < -0.4 is 0 Å². The van der Waals surface area contributed by atoms with E-state index in [-0.39, 0.29) is 12.2 Å². The van der Waals surface area contributed by atoms with Gasteiger partial charge in [0.2, 0.25) is 0 Å². The van der Waals surface area contributed by atoms with E-state index in [0.29, 0.717) is 13.2 Å². The molecule has 0 N–H and O–H groups in total. The fourth-order valence-corrected chi connectivity index (χ4v) is 0.667. The second kappa shape index (κ2) is 8.72. The Hall–Kier alpha value is -0.870. The molecule has 0 aliphatic heterocycles. The van der Waals surface area contributed by atoms with Crippen LogP contribution in [0.4, 0.5) is 0 Å². The molecule has 0 atom stereocenters. The van der Waals surface area contributed by atoms with Gasteiger partial charge in [-0.3, -0.25) is 0 Å². The second-order valence-electron chi connectivity index (χ2n) is 2.76. The molecule has 0 amide bonds. The Morgan fingerprint density at radius 1 is 1.29 bits per heavy atom. The van der Waals surface area contributed by atoms with E-state index in [9.17, 15) is 4.79 Å². The van der Waals surface area contributed by atoms with Crippen molar-refractivity contribution < 1.29 is 19.3 Å². The van der Waals surface area contributed by atoms with Crippen LogP contribution in [0, 0.1) is 0 Å². The molecule has 82 valence electrons. The van der Waals surface area contributed by atoms with E-state index < -0.39 is 5.97 Å². The van der Waals surface area contributed by atoms with Gasteiger partial charge in [-0.2, -0.15) is 0 Å². The number of esters is 1. The molecule has 0 unspecified atom stereocenters. The first-order valence-corrected chi connectivity index (χ1v) is 4.81. The Kier molecular flexibility index (Phi) is 8.17. The van der Waals surface area contributed by atoms with Crippen LogP contribution in [0.5, 0.6) is 0 Å². The lowest BCUT2D eigenvalue weighted by Gasteiger charge is -2.05. The van der Waals surface area contributed by atoms with Crippen LogP contribution in [0.25, 0.3) is 0 Å². The lowest BCUT2D eigenvalue weighted by atomic mass is 10.3. The van der Waals surface area contributed by atoms with Crippen LogP contribution in [-0.2, 0) is 19.3 Å². The summed E-state index contributed by atoms with van der Waals surface area (Å²) in [4.78, 5) is 20.6. The Balaban J connectivity index is 3.39. The van der Waals surface area contributed by atoms with Crippen LogP contribution >= 0.6 is 0 Å². The second-order valence-corrected chi connectivity index (χ2v) is 2.76. The van der Waals surface area contributed by atoms with Crippen molar-refractivity contribution in [2.75, 3.05) is 19.8 Å². The molecule has 0 aromatic rings. The quantitative estimate of drug-likeness (QED) is 0.198. The lowest BCUT2D eigenvalue weighted by Crippen LogP contribution is -2.12. The number of carbonyl (C=O) groups excluding carboxylic acids is 1. The van der Waals surface area contributed by atoms with Crippen molar-refractivity contribution in [1.29, 1.82) is 0 Å². The third-order valence-electron chi connectivity index (χ3n) is 1.46. The highest BCUT2D eigenvalue weighted by Crippen LogP contribution is 1.97. The fraction of sp³-hybridized carbons (Fsp3) is 0.700. The topological polar surface area (TPSA) is 44.8 Å². The molecule has 0 bridgehead atoms. The maximum Gasteiger partial charge on any atom is 0.335 e. The van der Waals surface area contributed by atoms with Gasteiger partial charge in [-0.15, -0.1) is 0 Å². The third-order valence-corrected chi connectivity index (χ3v) is 1.46. The Bertz CT molecular complexity index is 177. The van der Waals surface area contributed by atoms with Gasteiger partial charge in [-0.05, 0) is 13.3 Å². The number of hydrogen-bond acceptors (Lipinski definition) is 4. The molecular formula is C10H18O4. The fourth-order valence-electron chi connectivity index (χ4n) is 0.667. The summed E-state index contributed by atoms with van der Waals surface area (Å²) in [5.74, 6) is -0.438. The average Bonchev–Trinajstić information content (AvgIpc) is 2.17. The Labute approximate surface area is 84.8 Å². The average molecular weight is 202 g/mol. The largest absolute Gasteiger partial charge is 0.463 e. The molecule has 0 saturated heterocycles. The highest BCUT2D eigenvalue weighted by Gasteiger charge is 2.07. The van der Waals surface area contributed by atoms with Crippen molar-refractivity contribution in [3.63, 3.8) is 0 Å². The summed E-state index contributed by atoms with van der Waals surface area (Å²) in [5.41, 5.74) is 0.267. The first-order valence-electron chi connectivity index (χ1n) is 4.81. The van der Waals surface area contributed by atoms with E-state index in [0.717, 1.165) is 12.8 Å². The Morgan fingerprint density at radius 2 is 2.00 bits per heavy atom. The van der Waals surface area contributed by atoms with Crippen LogP contribution in [0.3, 0.4) is 0 Å². The summed E-state index contributed by atoms with van der Waals surface area (Å²) in [6, 6.07) is 0. The first kappa shape index (κ1) is 13.1. The van der Waals surface area contributed by atoms with Gasteiger partial charge < -0.3 is 4.74 Å². The van der Waals surface area contributed by atoms with Gasteiger partial charge in [0.25, 0.3) is 0 Å². The highest BCUT2D eigenvalue weighted by atomic mass is 17.2. The minimum Gasteiger partial charge on any atom is -0.463 e. The third kappa shape index (κ3) is 6.62. The molecule has 0 saturated carbocycles. The van der Waals surface area contributed by atoms with Crippen LogP contribution in [-0.4, -0.2) is 25.8 Å². The number of ether oxygens (including phenoxy) is 1. The standard InChI is InChI=1S/C10H18O4/c1-4-6-7-13-14-8-9(3)10(11)12-5-2/h3-8H2,1-2H3. The minimum absolute atomic E-state index is 0.0581. The molecule has 0 aliphatic rings. The lowest BCUT2D eigenvalue weighted by molar-refractivity contribution is -0.288. The zero-order chi connectivity index (χ0) is 10.8. The zero-order valence-corrected chi connectivity index (χ0v) is 8.88. The molecule has 0 aromatic carbocycles. The predicted octanol–water partition coefficient (Wildman–Crippen LogP) is 1.85. The molecule has 0 spiro atoms. The van der Waals surface area contributed by atoms with E-state index in [1.807, 2.05) is 0 Å². The van der Waals surface area contributed by atoms with Crippen molar-refractivity contribution in [2.24, 2.45) is 0 Å². The Morgan fingerprint density at radius 3 is 2.57 bits per heavy atom. The van der Waals surface area contributed by atoms with Crippen molar-refractivity contribution in [2.45, 2.75) is 26.7 Å². The van der Waals surface area contributed by atoms with Gasteiger partial charge in [0.1, 0.15) is 6.61 Å².